The molecular weight excluding hydrogens is 463 g/mol. The lowest BCUT2D eigenvalue weighted by Gasteiger charge is -2.13. The summed E-state index contributed by atoms with van der Waals surface area (Å²) in [5.74, 6) is 0.589. The second-order valence-corrected chi connectivity index (χ2v) is 9.92. The van der Waals surface area contributed by atoms with Crippen LogP contribution in [-0.4, -0.2) is 24.2 Å². The Balaban J connectivity index is 1.79. The molecule has 1 aromatic heterocycles. The Hall–Kier alpha value is -2.31. The van der Waals surface area contributed by atoms with E-state index in [1.165, 1.54) is 6.26 Å². The van der Waals surface area contributed by atoms with Gasteiger partial charge in [-0.3, -0.25) is 4.57 Å². The molecule has 0 N–H and O–H groups in total. The topological polar surface area (TPSA) is 52.0 Å². The lowest BCUT2D eigenvalue weighted by atomic mass is 10.0. The smallest absolute Gasteiger partial charge is 0.175 e. The van der Waals surface area contributed by atoms with Crippen molar-refractivity contribution in [1.82, 2.24) is 9.55 Å². The van der Waals surface area contributed by atoms with Crippen LogP contribution in [0, 0.1) is 0 Å². The van der Waals surface area contributed by atoms with E-state index in [1.807, 2.05) is 18.2 Å². The minimum Gasteiger partial charge on any atom is -0.297 e. The lowest BCUT2D eigenvalue weighted by Crippen LogP contribution is -1.99. The van der Waals surface area contributed by atoms with Crippen molar-refractivity contribution in [1.29, 1.82) is 0 Å². The average molecular weight is 478 g/mol. The number of nitrogens with zero attached hydrogens (tertiary/aromatic N) is 2. The zero-order valence-corrected chi connectivity index (χ0v) is 18.8. The number of benzene rings is 3. The van der Waals surface area contributed by atoms with Gasteiger partial charge < -0.3 is 0 Å². The molecule has 152 valence electrons. The number of aromatic nitrogens is 2. The first-order chi connectivity index (χ1) is 14.3. The molecule has 3 aromatic carbocycles. The van der Waals surface area contributed by atoms with Gasteiger partial charge >= 0.3 is 0 Å². The normalized spacial score (nSPS) is 11.6. The third-order valence-electron chi connectivity index (χ3n) is 4.62. The zero-order valence-electron chi connectivity index (χ0n) is 15.7. The van der Waals surface area contributed by atoms with Crippen molar-refractivity contribution in [2.75, 3.05) is 6.26 Å². The van der Waals surface area contributed by atoms with Crippen LogP contribution < -0.4 is 0 Å². The van der Waals surface area contributed by atoms with Crippen molar-refractivity contribution in [3.63, 3.8) is 0 Å². The van der Waals surface area contributed by atoms with E-state index in [0.29, 0.717) is 32.1 Å². The first-order valence-electron chi connectivity index (χ1n) is 8.84. The fraction of sp³-hybridized carbons (Fsp3) is 0.0455. The highest BCUT2D eigenvalue weighted by molar-refractivity contribution is 7.90. The van der Waals surface area contributed by atoms with Gasteiger partial charge in [0.1, 0.15) is 5.82 Å². The Labute approximate surface area is 189 Å². The average Bonchev–Trinajstić information content (AvgIpc) is 3.16. The van der Waals surface area contributed by atoms with Gasteiger partial charge in [0, 0.05) is 24.2 Å². The number of hydrogen-bond donors (Lipinski definition) is 0. The quantitative estimate of drug-likeness (QED) is 0.334. The Morgan fingerprint density at radius 3 is 2.17 bits per heavy atom. The van der Waals surface area contributed by atoms with Crippen molar-refractivity contribution in [2.24, 2.45) is 0 Å². The summed E-state index contributed by atoms with van der Waals surface area (Å²) >= 11 is 19.3. The number of hydrogen-bond acceptors (Lipinski definition) is 3. The Bertz CT molecular complexity index is 1340. The Morgan fingerprint density at radius 1 is 0.833 bits per heavy atom. The van der Waals surface area contributed by atoms with Crippen LogP contribution in [-0.2, 0) is 9.84 Å². The number of sulfone groups is 1. The summed E-state index contributed by atoms with van der Waals surface area (Å²) in [5.41, 5.74) is 2.86. The molecule has 0 saturated carbocycles. The molecule has 0 aliphatic rings. The van der Waals surface area contributed by atoms with E-state index in [4.69, 9.17) is 34.8 Å². The van der Waals surface area contributed by atoms with Crippen molar-refractivity contribution >= 4 is 44.6 Å². The molecule has 0 spiro atoms. The van der Waals surface area contributed by atoms with Crippen LogP contribution in [0.5, 0.6) is 0 Å². The van der Waals surface area contributed by atoms with E-state index in [-0.39, 0.29) is 4.90 Å². The zero-order chi connectivity index (χ0) is 21.5. The molecule has 4 nitrogen and oxygen atoms in total. The summed E-state index contributed by atoms with van der Waals surface area (Å²) in [4.78, 5) is 4.69. The van der Waals surface area contributed by atoms with Crippen LogP contribution in [0.2, 0.25) is 15.1 Å². The summed E-state index contributed by atoms with van der Waals surface area (Å²) < 4.78 is 25.5. The van der Waals surface area contributed by atoms with Gasteiger partial charge in [0.2, 0.25) is 0 Å². The van der Waals surface area contributed by atoms with Crippen molar-refractivity contribution in [2.45, 2.75) is 4.90 Å². The van der Waals surface area contributed by atoms with E-state index in [2.05, 4.69) is 4.98 Å². The summed E-state index contributed by atoms with van der Waals surface area (Å²) in [6.07, 6.45) is 4.60. The predicted octanol–water partition coefficient (Wildman–Crippen LogP) is 6.57. The van der Waals surface area contributed by atoms with Crippen LogP contribution in [0.15, 0.2) is 78.0 Å². The molecular formula is C22H15Cl3N2O2S. The van der Waals surface area contributed by atoms with Gasteiger partial charge in [-0.05, 0) is 47.5 Å². The summed E-state index contributed by atoms with van der Waals surface area (Å²) in [6.45, 7) is 0. The standard InChI is InChI=1S/C22H15Cl3N2O2S/c1-30(28,29)16-5-2-4-14(12-16)15-8-9-17(20(25)13-15)22-26-10-11-27(22)21-18(23)6-3-7-19(21)24/h2-13H,1H3. The maximum Gasteiger partial charge on any atom is 0.175 e. The molecule has 0 fully saturated rings. The summed E-state index contributed by atoms with van der Waals surface area (Å²) in [7, 11) is -3.30. The number of imidazole rings is 1. The molecule has 0 atom stereocenters. The Morgan fingerprint density at radius 2 is 1.50 bits per heavy atom. The maximum absolute atomic E-state index is 11.9. The van der Waals surface area contributed by atoms with E-state index in [9.17, 15) is 8.42 Å². The molecule has 0 unspecified atom stereocenters. The molecule has 8 heteroatoms. The fourth-order valence-corrected chi connectivity index (χ4v) is 4.70. The van der Waals surface area contributed by atoms with Gasteiger partial charge in [0.05, 0.1) is 25.7 Å². The largest absolute Gasteiger partial charge is 0.297 e. The van der Waals surface area contributed by atoms with Crippen molar-refractivity contribution < 1.29 is 8.42 Å². The third kappa shape index (κ3) is 3.98. The minimum atomic E-state index is -3.30. The Kier molecular flexibility index (Phi) is 5.64. The highest BCUT2D eigenvalue weighted by Crippen LogP contribution is 2.36. The van der Waals surface area contributed by atoms with Gasteiger partial charge in [0.15, 0.2) is 9.84 Å². The monoisotopic (exact) mass is 476 g/mol. The summed E-state index contributed by atoms with van der Waals surface area (Å²) in [5, 5.41) is 1.45. The molecule has 0 saturated heterocycles. The van der Waals surface area contributed by atoms with Crippen LogP contribution in [0.25, 0.3) is 28.2 Å². The van der Waals surface area contributed by atoms with Gasteiger partial charge in [-0.1, -0.05) is 59.1 Å². The molecule has 0 aliphatic heterocycles. The number of halogens is 3. The van der Waals surface area contributed by atoms with E-state index < -0.39 is 9.84 Å². The molecule has 0 amide bonds. The van der Waals surface area contributed by atoms with Crippen molar-refractivity contribution in [3.8, 4) is 28.2 Å². The molecule has 30 heavy (non-hydrogen) atoms. The SMILES string of the molecule is CS(=O)(=O)c1cccc(-c2ccc(-c3nccn3-c3c(Cl)cccc3Cl)c(Cl)c2)c1. The second-order valence-electron chi connectivity index (χ2n) is 6.69. The van der Waals surface area contributed by atoms with Gasteiger partial charge in [-0.25, -0.2) is 13.4 Å². The highest BCUT2D eigenvalue weighted by Gasteiger charge is 2.16. The molecule has 4 rings (SSSR count). The summed E-state index contributed by atoms with van der Waals surface area (Å²) in [6, 6.07) is 17.5. The number of para-hydroxylation sites is 1. The third-order valence-corrected chi connectivity index (χ3v) is 6.66. The molecule has 0 aliphatic carbocycles. The van der Waals surface area contributed by atoms with Gasteiger partial charge in [-0.2, -0.15) is 0 Å². The molecule has 4 aromatic rings. The molecule has 1 heterocycles. The maximum atomic E-state index is 11.9. The van der Waals surface area contributed by atoms with Crippen molar-refractivity contribution in [3.05, 3.63) is 88.1 Å². The van der Waals surface area contributed by atoms with Gasteiger partial charge in [0.25, 0.3) is 0 Å². The first-order valence-corrected chi connectivity index (χ1v) is 11.9. The highest BCUT2D eigenvalue weighted by atomic mass is 35.5. The number of rotatable bonds is 4. The van der Waals surface area contributed by atoms with Crippen LogP contribution >= 0.6 is 34.8 Å². The molecule has 0 radical (unpaired) electrons. The van der Waals surface area contributed by atoms with Crippen LogP contribution in [0.4, 0.5) is 0 Å². The van der Waals surface area contributed by atoms with E-state index >= 15 is 0 Å². The molecule has 0 bridgehead atoms. The predicted molar refractivity (Wildman–Crippen MR) is 123 cm³/mol. The minimum absolute atomic E-state index is 0.254. The van der Waals surface area contributed by atoms with Gasteiger partial charge in [-0.15, -0.1) is 0 Å². The first kappa shape index (κ1) is 20.9. The van der Waals surface area contributed by atoms with Crippen LogP contribution in [0.1, 0.15) is 0 Å². The van der Waals surface area contributed by atoms with E-state index in [0.717, 1.165) is 11.1 Å². The van der Waals surface area contributed by atoms with Crippen LogP contribution in [0.3, 0.4) is 0 Å². The fourth-order valence-electron chi connectivity index (χ4n) is 3.18. The second kappa shape index (κ2) is 8.08. The lowest BCUT2D eigenvalue weighted by molar-refractivity contribution is 0.602. The van der Waals surface area contributed by atoms with E-state index in [1.54, 1.807) is 59.4 Å².